The van der Waals surface area contributed by atoms with Gasteiger partial charge in [-0.3, -0.25) is 14.6 Å². The van der Waals surface area contributed by atoms with Crippen LogP contribution in [0.15, 0.2) is 65.7 Å². The molecule has 0 atom stereocenters. The molecule has 150 valence electrons. The van der Waals surface area contributed by atoms with E-state index in [2.05, 4.69) is 36.1 Å². The van der Waals surface area contributed by atoms with E-state index >= 15 is 0 Å². The Balaban J connectivity index is 1.53. The fourth-order valence-corrected chi connectivity index (χ4v) is 2.83. The summed E-state index contributed by atoms with van der Waals surface area (Å²) in [7, 11) is 0. The Labute approximate surface area is 170 Å². The maximum Gasteiger partial charge on any atom is 0.261 e. The van der Waals surface area contributed by atoms with Crippen molar-refractivity contribution in [2.45, 2.75) is 26.2 Å². The van der Waals surface area contributed by atoms with E-state index in [1.807, 2.05) is 24.3 Å². The fraction of sp³-hybridized carbons (Fsp3) is 0.261. The van der Waals surface area contributed by atoms with Gasteiger partial charge in [0.05, 0.1) is 6.54 Å². The number of ether oxygens (including phenoxy) is 1. The molecule has 0 aliphatic rings. The molecule has 0 aliphatic carbocycles. The molecule has 2 N–H and O–H groups in total. The normalized spacial score (nSPS) is 11.1. The number of carbonyl (C=O) groups excluding carboxylic acids is 1. The molecule has 3 aromatic rings. The van der Waals surface area contributed by atoms with Crippen molar-refractivity contribution >= 4 is 5.91 Å². The Kier molecular flexibility index (Phi) is 6.12. The number of amides is 1. The summed E-state index contributed by atoms with van der Waals surface area (Å²) in [4.78, 5) is 31.2. The molecule has 0 fully saturated rings. The number of carbonyl (C=O) groups is 1. The van der Waals surface area contributed by atoms with Crippen LogP contribution in [0.25, 0.3) is 11.3 Å². The molecule has 3 rings (SSSR count). The van der Waals surface area contributed by atoms with Gasteiger partial charge in [0.25, 0.3) is 11.5 Å². The van der Waals surface area contributed by atoms with E-state index in [1.165, 1.54) is 11.6 Å². The number of hydrogen-bond acceptors (Lipinski definition) is 4. The average molecular weight is 391 g/mol. The zero-order valence-electron chi connectivity index (χ0n) is 16.9. The summed E-state index contributed by atoms with van der Waals surface area (Å²) >= 11 is 0. The SMILES string of the molecule is CC(C)(C)c1ccc(OCCNC(=O)c2ccc(-c3ccncc3)[nH]c2=O)cc1. The van der Waals surface area contributed by atoms with Crippen molar-refractivity contribution < 1.29 is 9.53 Å². The average Bonchev–Trinajstić information content (AvgIpc) is 2.71. The largest absolute Gasteiger partial charge is 0.492 e. The summed E-state index contributed by atoms with van der Waals surface area (Å²) in [5.74, 6) is 0.311. The van der Waals surface area contributed by atoms with Gasteiger partial charge in [-0.05, 0) is 47.4 Å². The molecule has 2 heterocycles. The van der Waals surface area contributed by atoms with Crippen molar-refractivity contribution in [2.75, 3.05) is 13.2 Å². The first-order valence-corrected chi connectivity index (χ1v) is 9.50. The van der Waals surface area contributed by atoms with Crippen molar-refractivity contribution in [3.63, 3.8) is 0 Å². The van der Waals surface area contributed by atoms with E-state index in [0.717, 1.165) is 11.3 Å². The molecule has 29 heavy (non-hydrogen) atoms. The highest BCUT2D eigenvalue weighted by Crippen LogP contribution is 2.24. The van der Waals surface area contributed by atoms with Gasteiger partial charge in [0.15, 0.2) is 0 Å². The number of rotatable bonds is 6. The van der Waals surface area contributed by atoms with E-state index in [4.69, 9.17) is 4.74 Å². The summed E-state index contributed by atoms with van der Waals surface area (Å²) in [6, 6.07) is 14.7. The van der Waals surface area contributed by atoms with Crippen LogP contribution in [0.4, 0.5) is 0 Å². The lowest BCUT2D eigenvalue weighted by molar-refractivity contribution is 0.0945. The monoisotopic (exact) mass is 391 g/mol. The zero-order valence-corrected chi connectivity index (χ0v) is 16.9. The maximum absolute atomic E-state index is 12.3. The third kappa shape index (κ3) is 5.31. The van der Waals surface area contributed by atoms with Crippen molar-refractivity contribution in [3.8, 4) is 17.0 Å². The van der Waals surface area contributed by atoms with Crippen molar-refractivity contribution in [1.82, 2.24) is 15.3 Å². The number of nitrogens with zero attached hydrogens (tertiary/aromatic N) is 1. The van der Waals surface area contributed by atoms with Crippen molar-refractivity contribution in [2.24, 2.45) is 0 Å². The number of aromatic amines is 1. The van der Waals surface area contributed by atoms with E-state index in [-0.39, 0.29) is 11.0 Å². The molecule has 6 nitrogen and oxygen atoms in total. The summed E-state index contributed by atoms with van der Waals surface area (Å²) in [5, 5.41) is 2.71. The van der Waals surface area contributed by atoms with Gasteiger partial charge in [0.1, 0.15) is 17.9 Å². The molecule has 0 saturated carbocycles. The lowest BCUT2D eigenvalue weighted by Crippen LogP contribution is -2.32. The first-order valence-electron chi connectivity index (χ1n) is 9.50. The minimum atomic E-state index is -0.435. The van der Waals surface area contributed by atoms with Crippen LogP contribution in [0.5, 0.6) is 5.75 Å². The Hall–Kier alpha value is -3.41. The Morgan fingerprint density at radius 2 is 1.72 bits per heavy atom. The van der Waals surface area contributed by atoms with Crippen LogP contribution in [-0.2, 0) is 5.41 Å². The Morgan fingerprint density at radius 1 is 1.03 bits per heavy atom. The molecule has 0 unspecified atom stereocenters. The van der Waals surface area contributed by atoms with Gasteiger partial charge in [0, 0.05) is 23.7 Å². The second kappa shape index (κ2) is 8.73. The second-order valence-corrected chi connectivity index (χ2v) is 7.73. The zero-order chi connectivity index (χ0) is 20.9. The Morgan fingerprint density at radius 3 is 2.34 bits per heavy atom. The van der Waals surface area contributed by atoms with Gasteiger partial charge in [0.2, 0.25) is 0 Å². The lowest BCUT2D eigenvalue weighted by atomic mass is 9.87. The summed E-state index contributed by atoms with van der Waals surface area (Å²) in [6.07, 6.45) is 3.29. The minimum absolute atomic E-state index is 0.0670. The van der Waals surface area contributed by atoms with E-state index in [0.29, 0.717) is 18.8 Å². The molecular weight excluding hydrogens is 366 g/mol. The minimum Gasteiger partial charge on any atom is -0.492 e. The first-order chi connectivity index (χ1) is 13.8. The highest BCUT2D eigenvalue weighted by atomic mass is 16.5. The smallest absolute Gasteiger partial charge is 0.261 e. The fourth-order valence-electron chi connectivity index (χ4n) is 2.83. The van der Waals surface area contributed by atoms with Gasteiger partial charge in [-0.1, -0.05) is 32.9 Å². The number of nitrogens with one attached hydrogen (secondary N) is 2. The number of pyridine rings is 2. The number of benzene rings is 1. The van der Waals surface area contributed by atoms with Gasteiger partial charge in [-0.2, -0.15) is 0 Å². The standard InChI is InChI=1S/C23H25N3O3/c1-23(2,3)17-4-6-18(7-5-17)29-15-14-25-21(27)19-8-9-20(26-22(19)28)16-10-12-24-13-11-16/h4-13H,14-15H2,1-3H3,(H,25,27)(H,26,28). The molecule has 0 aliphatic heterocycles. The molecule has 0 bridgehead atoms. The second-order valence-electron chi connectivity index (χ2n) is 7.73. The quantitative estimate of drug-likeness (QED) is 0.630. The van der Waals surface area contributed by atoms with Crippen LogP contribution in [-0.4, -0.2) is 29.0 Å². The Bertz CT molecular complexity index is 1020. The van der Waals surface area contributed by atoms with E-state index in [9.17, 15) is 9.59 Å². The van der Waals surface area contributed by atoms with Crippen LogP contribution in [0, 0.1) is 0 Å². The lowest BCUT2D eigenvalue weighted by Gasteiger charge is -2.19. The van der Waals surface area contributed by atoms with Crippen LogP contribution >= 0.6 is 0 Å². The third-order valence-electron chi connectivity index (χ3n) is 4.52. The van der Waals surface area contributed by atoms with Gasteiger partial charge >= 0.3 is 0 Å². The highest BCUT2D eigenvalue weighted by molar-refractivity contribution is 5.94. The summed E-state index contributed by atoms with van der Waals surface area (Å²) in [6.45, 7) is 7.08. The highest BCUT2D eigenvalue weighted by Gasteiger charge is 2.13. The van der Waals surface area contributed by atoms with Crippen molar-refractivity contribution in [3.05, 3.63) is 82.4 Å². The molecule has 6 heteroatoms. The predicted octanol–water partition coefficient (Wildman–Crippen LogP) is 3.54. The van der Waals surface area contributed by atoms with Crippen LogP contribution < -0.4 is 15.6 Å². The maximum atomic E-state index is 12.3. The van der Waals surface area contributed by atoms with Gasteiger partial charge < -0.3 is 15.0 Å². The summed E-state index contributed by atoms with van der Waals surface area (Å²) in [5.41, 5.74) is 2.42. The predicted molar refractivity (Wildman–Crippen MR) is 113 cm³/mol. The van der Waals surface area contributed by atoms with Gasteiger partial charge in [-0.25, -0.2) is 0 Å². The number of H-pyrrole nitrogens is 1. The van der Waals surface area contributed by atoms with Crippen LogP contribution in [0.3, 0.4) is 0 Å². The molecular formula is C23H25N3O3. The third-order valence-corrected chi connectivity index (χ3v) is 4.52. The molecule has 2 aromatic heterocycles. The number of aromatic nitrogens is 2. The van der Waals surface area contributed by atoms with E-state index < -0.39 is 11.5 Å². The van der Waals surface area contributed by atoms with E-state index in [1.54, 1.807) is 30.6 Å². The molecule has 0 radical (unpaired) electrons. The molecule has 0 spiro atoms. The molecule has 1 aromatic carbocycles. The molecule has 1 amide bonds. The number of hydrogen-bond donors (Lipinski definition) is 2. The van der Waals surface area contributed by atoms with Crippen molar-refractivity contribution in [1.29, 1.82) is 0 Å². The molecule has 0 saturated heterocycles. The van der Waals surface area contributed by atoms with Crippen LogP contribution in [0.1, 0.15) is 36.7 Å². The summed E-state index contributed by atoms with van der Waals surface area (Å²) < 4.78 is 5.66. The topological polar surface area (TPSA) is 84.1 Å². The van der Waals surface area contributed by atoms with Gasteiger partial charge in [-0.15, -0.1) is 0 Å². The first kappa shape index (κ1) is 20.3. The van der Waals surface area contributed by atoms with Crippen LogP contribution in [0.2, 0.25) is 0 Å².